The van der Waals surface area contributed by atoms with Gasteiger partial charge in [0.15, 0.2) is 0 Å². The molecule has 1 amide bonds. The second-order valence-corrected chi connectivity index (χ2v) is 9.06. The van der Waals surface area contributed by atoms with Crippen LogP contribution in [0.5, 0.6) is 5.75 Å². The van der Waals surface area contributed by atoms with Gasteiger partial charge in [-0.1, -0.05) is 36.4 Å². The highest BCUT2D eigenvalue weighted by Gasteiger charge is 2.14. The minimum atomic E-state index is -3.71. The smallest absolute Gasteiger partial charge is 0.255 e. The molecule has 4 rings (SSSR count). The molecule has 0 saturated carbocycles. The Labute approximate surface area is 191 Å². The van der Waals surface area contributed by atoms with Crippen molar-refractivity contribution >= 4 is 21.6 Å². The summed E-state index contributed by atoms with van der Waals surface area (Å²) >= 11 is 0. The molecule has 0 aliphatic heterocycles. The average molecular weight is 460 g/mol. The minimum Gasteiger partial charge on any atom is -0.508 e. The van der Waals surface area contributed by atoms with Gasteiger partial charge in [0.25, 0.3) is 5.91 Å². The molecule has 0 radical (unpaired) electrons. The van der Waals surface area contributed by atoms with Gasteiger partial charge in [-0.15, -0.1) is 0 Å². The Morgan fingerprint density at radius 1 is 0.848 bits per heavy atom. The van der Waals surface area contributed by atoms with Gasteiger partial charge >= 0.3 is 0 Å². The summed E-state index contributed by atoms with van der Waals surface area (Å²) in [6, 6.07) is 23.4. The number of phenols is 1. The first-order chi connectivity index (χ1) is 15.9. The van der Waals surface area contributed by atoms with Gasteiger partial charge in [-0.05, 0) is 65.2 Å². The highest BCUT2D eigenvalue weighted by molar-refractivity contribution is 7.89. The number of phenolic OH excluding ortho intramolecular Hbond substituents is 1. The van der Waals surface area contributed by atoms with Crippen molar-refractivity contribution in [3.05, 3.63) is 108 Å². The zero-order chi connectivity index (χ0) is 23.3. The van der Waals surface area contributed by atoms with Crippen molar-refractivity contribution in [2.45, 2.75) is 11.4 Å². The summed E-state index contributed by atoms with van der Waals surface area (Å²) in [6.07, 6.45) is 3.17. The van der Waals surface area contributed by atoms with Crippen molar-refractivity contribution < 1.29 is 18.3 Å². The molecule has 33 heavy (non-hydrogen) atoms. The third kappa shape index (κ3) is 5.62. The number of hydrogen-bond donors (Lipinski definition) is 3. The molecule has 4 aromatic rings. The topological polar surface area (TPSA) is 108 Å². The van der Waals surface area contributed by atoms with Crippen molar-refractivity contribution in [1.29, 1.82) is 0 Å². The SMILES string of the molecule is O=C(Nc1cccnc1)c1ccc(CNS(=O)(=O)c2ccc(-c3ccc(O)cc3)cc2)cc1. The fourth-order valence-electron chi connectivity index (χ4n) is 3.16. The van der Waals surface area contributed by atoms with E-state index in [2.05, 4.69) is 15.0 Å². The summed E-state index contributed by atoms with van der Waals surface area (Å²) in [7, 11) is -3.71. The van der Waals surface area contributed by atoms with Gasteiger partial charge < -0.3 is 10.4 Å². The second kappa shape index (κ2) is 9.64. The number of carbonyl (C=O) groups excluding carboxylic acids is 1. The molecule has 1 heterocycles. The Balaban J connectivity index is 1.37. The van der Waals surface area contributed by atoms with E-state index < -0.39 is 10.0 Å². The van der Waals surface area contributed by atoms with Gasteiger partial charge in [-0.2, -0.15) is 0 Å². The number of anilines is 1. The van der Waals surface area contributed by atoms with E-state index in [4.69, 9.17) is 0 Å². The fraction of sp³-hybridized carbons (Fsp3) is 0.0400. The fourth-order valence-corrected chi connectivity index (χ4v) is 4.17. The molecule has 0 aliphatic rings. The maximum absolute atomic E-state index is 12.7. The number of nitrogens with one attached hydrogen (secondary N) is 2. The van der Waals surface area contributed by atoms with Crippen LogP contribution in [0, 0.1) is 0 Å². The van der Waals surface area contributed by atoms with Crippen LogP contribution in [0.4, 0.5) is 5.69 Å². The van der Waals surface area contributed by atoms with Crippen LogP contribution in [0.15, 0.2) is 102 Å². The lowest BCUT2D eigenvalue weighted by atomic mass is 10.1. The summed E-state index contributed by atoms with van der Waals surface area (Å²) in [5.74, 6) is -0.104. The Morgan fingerprint density at radius 2 is 1.48 bits per heavy atom. The lowest BCUT2D eigenvalue weighted by Gasteiger charge is -2.09. The van der Waals surface area contributed by atoms with Crippen molar-refractivity contribution in [3.8, 4) is 16.9 Å². The molecule has 0 fully saturated rings. The van der Waals surface area contributed by atoms with E-state index in [1.54, 1.807) is 85.2 Å². The van der Waals surface area contributed by atoms with Gasteiger partial charge in [0, 0.05) is 18.3 Å². The number of amides is 1. The summed E-state index contributed by atoms with van der Waals surface area (Å²) < 4.78 is 27.9. The van der Waals surface area contributed by atoms with Crippen LogP contribution >= 0.6 is 0 Å². The van der Waals surface area contributed by atoms with Crippen molar-refractivity contribution in [2.75, 3.05) is 5.32 Å². The molecule has 8 heteroatoms. The number of aromatic hydroxyl groups is 1. The van der Waals surface area contributed by atoms with E-state index in [-0.39, 0.29) is 23.1 Å². The van der Waals surface area contributed by atoms with Crippen molar-refractivity contribution in [1.82, 2.24) is 9.71 Å². The first kappa shape index (κ1) is 22.2. The van der Waals surface area contributed by atoms with Gasteiger partial charge in [-0.3, -0.25) is 9.78 Å². The molecule has 3 aromatic carbocycles. The predicted molar refractivity (Wildman–Crippen MR) is 126 cm³/mol. The van der Waals surface area contributed by atoms with Crippen LogP contribution in [-0.4, -0.2) is 24.4 Å². The van der Waals surface area contributed by atoms with Crippen LogP contribution in [0.3, 0.4) is 0 Å². The zero-order valence-electron chi connectivity index (χ0n) is 17.5. The van der Waals surface area contributed by atoms with Gasteiger partial charge in [-0.25, -0.2) is 13.1 Å². The second-order valence-electron chi connectivity index (χ2n) is 7.29. The van der Waals surface area contributed by atoms with E-state index in [1.807, 2.05) is 0 Å². The molecule has 7 nitrogen and oxygen atoms in total. The first-order valence-corrected chi connectivity index (χ1v) is 11.6. The number of rotatable bonds is 7. The van der Waals surface area contributed by atoms with E-state index in [0.29, 0.717) is 11.3 Å². The number of sulfonamides is 1. The molecule has 1 aromatic heterocycles. The van der Waals surface area contributed by atoms with Crippen LogP contribution in [0.2, 0.25) is 0 Å². The summed E-state index contributed by atoms with van der Waals surface area (Å²) in [6.45, 7) is 0.0898. The molecule has 0 spiro atoms. The number of hydrogen-bond acceptors (Lipinski definition) is 5. The van der Waals surface area contributed by atoms with E-state index in [0.717, 1.165) is 16.7 Å². The van der Waals surface area contributed by atoms with Crippen LogP contribution in [0.1, 0.15) is 15.9 Å². The maximum Gasteiger partial charge on any atom is 0.255 e. The lowest BCUT2D eigenvalue weighted by Crippen LogP contribution is -2.23. The third-order valence-corrected chi connectivity index (χ3v) is 6.38. The molecule has 166 valence electrons. The van der Waals surface area contributed by atoms with Crippen molar-refractivity contribution in [2.24, 2.45) is 0 Å². The van der Waals surface area contributed by atoms with E-state index in [9.17, 15) is 18.3 Å². The Kier molecular flexibility index (Phi) is 6.48. The predicted octanol–water partition coefficient (Wildman–Crippen LogP) is 4.19. The highest BCUT2D eigenvalue weighted by Crippen LogP contribution is 2.23. The standard InChI is InChI=1S/C25H21N3O4S/c29-23-11-7-19(8-12-23)20-9-13-24(14-10-20)33(31,32)27-16-18-3-5-21(6-4-18)25(30)28-22-2-1-15-26-17-22/h1-15,17,27,29H,16H2,(H,28,30). The molecule has 0 aliphatic carbocycles. The van der Waals surface area contributed by atoms with Gasteiger partial charge in [0.05, 0.1) is 16.8 Å². The minimum absolute atomic E-state index is 0.0898. The highest BCUT2D eigenvalue weighted by atomic mass is 32.2. The number of benzene rings is 3. The number of carbonyl (C=O) groups is 1. The Hall–Kier alpha value is -4.01. The van der Waals surface area contributed by atoms with E-state index in [1.165, 1.54) is 12.1 Å². The van der Waals surface area contributed by atoms with Gasteiger partial charge in [0.1, 0.15) is 5.75 Å². The molecule has 0 saturated heterocycles. The number of aromatic nitrogens is 1. The normalized spacial score (nSPS) is 11.2. The first-order valence-electron chi connectivity index (χ1n) is 10.1. The number of nitrogens with zero attached hydrogens (tertiary/aromatic N) is 1. The Bertz CT molecular complexity index is 1340. The molecule has 0 bridgehead atoms. The summed E-state index contributed by atoms with van der Waals surface area (Å²) in [4.78, 5) is 16.4. The molecular weight excluding hydrogens is 438 g/mol. The molecule has 3 N–H and O–H groups in total. The van der Waals surface area contributed by atoms with Crippen LogP contribution in [0.25, 0.3) is 11.1 Å². The lowest BCUT2D eigenvalue weighted by molar-refractivity contribution is 0.102. The summed E-state index contributed by atoms with van der Waals surface area (Å²) in [5, 5.41) is 12.1. The maximum atomic E-state index is 12.7. The Morgan fingerprint density at radius 3 is 2.09 bits per heavy atom. The van der Waals surface area contributed by atoms with Crippen LogP contribution in [-0.2, 0) is 16.6 Å². The van der Waals surface area contributed by atoms with E-state index >= 15 is 0 Å². The van der Waals surface area contributed by atoms with Crippen molar-refractivity contribution in [3.63, 3.8) is 0 Å². The third-order valence-electron chi connectivity index (χ3n) is 4.97. The molecule has 0 unspecified atom stereocenters. The number of pyridine rings is 1. The monoisotopic (exact) mass is 459 g/mol. The molecular formula is C25H21N3O4S. The zero-order valence-corrected chi connectivity index (χ0v) is 18.3. The summed E-state index contributed by atoms with van der Waals surface area (Å²) in [5.41, 5.74) is 3.48. The average Bonchev–Trinajstić information content (AvgIpc) is 2.84. The van der Waals surface area contributed by atoms with Crippen LogP contribution < -0.4 is 10.0 Å². The van der Waals surface area contributed by atoms with Gasteiger partial charge in [0.2, 0.25) is 10.0 Å². The molecule has 0 atom stereocenters. The largest absolute Gasteiger partial charge is 0.508 e. The quantitative estimate of drug-likeness (QED) is 0.384.